The van der Waals surface area contributed by atoms with Crippen LogP contribution >= 0.6 is 11.8 Å². The lowest BCUT2D eigenvalue weighted by atomic mass is 10.1. The molecule has 1 aliphatic rings. The quantitative estimate of drug-likeness (QED) is 0.524. The Kier molecular flexibility index (Phi) is 4.03. The lowest BCUT2D eigenvalue weighted by Crippen LogP contribution is -2.41. The number of amides is 2. The van der Waals surface area contributed by atoms with Crippen molar-refractivity contribution in [3.63, 3.8) is 0 Å². The molecule has 1 aliphatic heterocycles. The first kappa shape index (κ1) is 16.5. The van der Waals surface area contributed by atoms with E-state index < -0.39 is 0 Å². The number of aryl methyl sites for hydroxylation is 1. The van der Waals surface area contributed by atoms with Crippen LogP contribution in [0.5, 0.6) is 11.5 Å². The Morgan fingerprint density at radius 1 is 1.19 bits per heavy atom. The van der Waals surface area contributed by atoms with Gasteiger partial charge in [0, 0.05) is 18.4 Å². The van der Waals surface area contributed by atoms with Crippen LogP contribution in [0.25, 0.3) is 16.6 Å². The third kappa shape index (κ3) is 2.88. The first-order valence-corrected chi connectivity index (χ1v) is 8.78. The number of nitrogens with zero attached hydrogens (tertiary/aromatic N) is 3. The lowest BCUT2D eigenvalue weighted by Gasteiger charge is -2.08. The summed E-state index contributed by atoms with van der Waals surface area (Å²) in [5.74, 6) is 0.774. The number of nitrogens with one attached hydrogen (secondary N) is 2. The number of ether oxygens (including phenoxy) is 2. The zero-order valence-electron chi connectivity index (χ0n) is 14.0. The molecule has 3 aromatic rings. The number of hydrazine groups is 1. The Hall–Kier alpha value is -3.01. The summed E-state index contributed by atoms with van der Waals surface area (Å²) in [7, 11) is 0. The minimum Gasteiger partial charge on any atom is -0.454 e. The molecule has 0 atom stereocenters. The Bertz CT molecular complexity index is 1050. The summed E-state index contributed by atoms with van der Waals surface area (Å²) >= 11 is 1.23. The molecule has 9 nitrogen and oxygen atoms in total. The van der Waals surface area contributed by atoms with Gasteiger partial charge >= 0.3 is 0 Å². The van der Waals surface area contributed by atoms with Crippen LogP contribution in [0.4, 0.5) is 0 Å². The topological polar surface area (TPSA) is 107 Å². The van der Waals surface area contributed by atoms with Gasteiger partial charge in [-0.15, -0.1) is 10.2 Å². The molecule has 0 aliphatic carbocycles. The molecular weight excluding hydrogens is 358 g/mol. The van der Waals surface area contributed by atoms with E-state index in [4.69, 9.17) is 9.47 Å². The fourth-order valence-electron chi connectivity index (χ4n) is 2.71. The summed E-state index contributed by atoms with van der Waals surface area (Å²) in [5.41, 5.74) is 7.11. The Labute approximate surface area is 152 Å². The second kappa shape index (κ2) is 6.37. The average Bonchev–Trinajstić information content (AvgIpc) is 3.23. The van der Waals surface area contributed by atoms with Gasteiger partial charge in [0.2, 0.25) is 18.6 Å². The van der Waals surface area contributed by atoms with E-state index >= 15 is 0 Å². The molecule has 2 aromatic heterocycles. The maximum Gasteiger partial charge on any atom is 0.248 e. The Morgan fingerprint density at radius 2 is 1.96 bits per heavy atom. The molecule has 0 unspecified atom stereocenters. The lowest BCUT2D eigenvalue weighted by molar-refractivity contribution is -0.126. The molecule has 0 saturated carbocycles. The molecule has 2 N–H and O–H groups in total. The number of hydrogen-bond donors (Lipinski definition) is 2. The Balaban J connectivity index is 1.70. The number of pyridine rings is 1. The molecule has 3 heterocycles. The maximum atomic E-state index is 11.8. The van der Waals surface area contributed by atoms with Gasteiger partial charge in [-0.1, -0.05) is 11.8 Å². The number of carbonyl (C=O) groups is 2. The van der Waals surface area contributed by atoms with Crippen molar-refractivity contribution in [2.24, 2.45) is 0 Å². The van der Waals surface area contributed by atoms with E-state index in [-0.39, 0.29) is 24.4 Å². The van der Waals surface area contributed by atoms with Crippen molar-refractivity contribution in [1.82, 2.24) is 25.4 Å². The highest BCUT2D eigenvalue weighted by atomic mass is 32.2. The predicted octanol–water partition coefficient (Wildman–Crippen LogP) is 1.18. The molecule has 2 amide bonds. The number of aromatic nitrogens is 3. The minimum atomic E-state index is -0.339. The molecule has 0 bridgehead atoms. The van der Waals surface area contributed by atoms with Crippen molar-refractivity contribution in [3.8, 4) is 11.5 Å². The number of fused-ring (bicyclic) bond motifs is 4. The summed E-state index contributed by atoms with van der Waals surface area (Å²) in [4.78, 5) is 22.7. The van der Waals surface area contributed by atoms with Gasteiger partial charge in [0.1, 0.15) is 0 Å². The van der Waals surface area contributed by atoms with Crippen LogP contribution in [0.1, 0.15) is 12.5 Å². The zero-order valence-corrected chi connectivity index (χ0v) is 14.8. The SMILES string of the molecule is CC(=O)NNC(=O)CSc1nnc2c(C)cc3cc4c(cc3n12)OCO4. The standard InChI is InChI=1S/C16H15N5O4S/c1-8-3-10-4-12-13(25-7-24-12)5-11(10)21-15(8)19-20-16(21)26-6-14(23)18-17-9(2)22/h3-5H,6-7H2,1-2H3,(H,17,22)(H,18,23). The highest BCUT2D eigenvalue weighted by molar-refractivity contribution is 7.99. The van der Waals surface area contributed by atoms with Crippen LogP contribution in [0.2, 0.25) is 0 Å². The summed E-state index contributed by atoms with van der Waals surface area (Å²) < 4.78 is 12.8. The van der Waals surface area contributed by atoms with Gasteiger partial charge in [0.05, 0.1) is 11.3 Å². The van der Waals surface area contributed by atoms with Gasteiger partial charge < -0.3 is 9.47 Å². The van der Waals surface area contributed by atoms with Crippen molar-refractivity contribution in [2.75, 3.05) is 12.5 Å². The van der Waals surface area contributed by atoms with Crippen molar-refractivity contribution in [3.05, 3.63) is 23.8 Å². The number of carbonyl (C=O) groups excluding carboxylic acids is 2. The third-order valence-corrected chi connectivity index (χ3v) is 4.76. The van der Waals surface area contributed by atoms with E-state index in [1.54, 1.807) is 0 Å². The molecule has 10 heteroatoms. The molecule has 0 radical (unpaired) electrons. The van der Waals surface area contributed by atoms with E-state index in [1.807, 2.05) is 29.5 Å². The van der Waals surface area contributed by atoms with Crippen LogP contribution in [0.15, 0.2) is 23.4 Å². The molecule has 4 rings (SSSR count). The van der Waals surface area contributed by atoms with E-state index in [0.717, 1.165) is 16.5 Å². The van der Waals surface area contributed by atoms with Gasteiger partial charge in [-0.2, -0.15) is 0 Å². The smallest absolute Gasteiger partial charge is 0.248 e. The number of rotatable bonds is 3. The normalized spacial score (nSPS) is 12.5. The predicted molar refractivity (Wildman–Crippen MR) is 94.0 cm³/mol. The van der Waals surface area contributed by atoms with Gasteiger partial charge in [-0.3, -0.25) is 24.8 Å². The van der Waals surface area contributed by atoms with Crippen LogP contribution in [-0.2, 0) is 9.59 Å². The number of thioether (sulfide) groups is 1. The molecule has 0 saturated heterocycles. The summed E-state index contributed by atoms with van der Waals surface area (Å²) in [5, 5.41) is 9.97. The van der Waals surface area contributed by atoms with Crippen LogP contribution in [0, 0.1) is 6.92 Å². The molecule has 0 fully saturated rings. The van der Waals surface area contributed by atoms with Crippen molar-refractivity contribution < 1.29 is 19.1 Å². The molecule has 26 heavy (non-hydrogen) atoms. The first-order chi connectivity index (χ1) is 12.5. The number of benzene rings is 1. The maximum absolute atomic E-state index is 11.8. The van der Waals surface area contributed by atoms with E-state index in [0.29, 0.717) is 22.3 Å². The third-order valence-electron chi connectivity index (χ3n) is 3.83. The summed E-state index contributed by atoms with van der Waals surface area (Å²) in [6.45, 7) is 3.46. The summed E-state index contributed by atoms with van der Waals surface area (Å²) in [6, 6.07) is 5.82. The highest BCUT2D eigenvalue weighted by Gasteiger charge is 2.19. The zero-order chi connectivity index (χ0) is 18.3. The number of hydrogen-bond acceptors (Lipinski definition) is 7. The largest absolute Gasteiger partial charge is 0.454 e. The van der Waals surface area contributed by atoms with Crippen LogP contribution in [-0.4, -0.2) is 39.0 Å². The fraction of sp³-hybridized carbons (Fsp3) is 0.250. The van der Waals surface area contributed by atoms with Gasteiger partial charge in [-0.05, 0) is 24.6 Å². The second-order valence-corrected chi connectivity index (χ2v) is 6.69. The first-order valence-electron chi connectivity index (χ1n) is 7.79. The van der Waals surface area contributed by atoms with Crippen LogP contribution in [0.3, 0.4) is 0 Å². The van der Waals surface area contributed by atoms with Crippen LogP contribution < -0.4 is 20.3 Å². The minimum absolute atomic E-state index is 0.0844. The molecule has 1 aromatic carbocycles. The van der Waals surface area contributed by atoms with E-state index in [9.17, 15) is 9.59 Å². The molecule has 134 valence electrons. The van der Waals surface area contributed by atoms with Crippen molar-refractivity contribution in [2.45, 2.75) is 19.0 Å². The van der Waals surface area contributed by atoms with Crippen molar-refractivity contribution in [1.29, 1.82) is 0 Å². The molecular formula is C16H15N5O4S. The van der Waals surface area contributed by atoms with E-state index in [2.05, 4.69) is 21.0 Å². The van der Waals surface area contributed by atoms with E-state index in [1.165, 1.54) is 18.7 Å². The van der Waals surface area contributed by atoms with Crippen molar-refractivity contribution >= 4 is 40.1 Å². The van der Waals surface area contributed by atoms with Gasteiger partial charge in [0.25, 0.3) is 0 Å². The second-order valence-electron chi connectivity index (χ2n) is 5.75. The average molecular weight is 373 g/mol. The molecule has 0 spiro atoms. The fourth-order valence-corrected chi connectivity index (χ4v) is 3.46. The monoisotopic (exact) mass is 373 g/mol. The summed E-state index contributed by atoms with van der Waals surface area (Å²) in [6.07, 6.45) is 0. The Morgan fingerprint density at radius 3 is 2.73 bits per heavy atom. The van der Waals surface area contributed by atoms with Gasteiger partial charge in [-0.25, -0.2) is 0 Å². The van der Waals surface area contributed by atoms with Gasteiger partial charge in [0.15, 0.2) is 22.3 Å². The highest BCUT2D eigenvalue weighted by Crippen LogP contribution is 2.37.